The molecule has 0 radical (unpaired) electrons. The summed E-state index contributed by atoms with van der Waals surface area (Å²) in [4.78, 5) is 8.77. The Kier molecular flexibility index (Phi) is 4.49. The number of anilines is 1. The maximum Gasteiger partial charge on any atom is 0.160 e. The van der Waals surface area contributed by atoms with E-state index in [-0.39, 0.29) is 11.5 Å². The van der Waals surface area contributed by atoms with Gasteiger partial charge in [0.25, 0.3) is 0 Å². The van der Waals surface area contributed by atoms with Gasteiger partial charge < -0.3 is 10.5 Å². The zero-order valence-electron chi connectivity index (χ0n) is 11.0. The highest BCUT2D eigenvalue weighted by Crippen LogP contribution is 2.35. The SMILES string of the molecule is CCOC(c1nc(C)c(Br)c(N)n1)C(C)(C)C. The fraction of sp³-hybridized carbons (Fsp3) is 0.667. The minimum atomic E-state index is -0.151. The number of hydrogen-bond donors (Lipinski definition) is 1. The fourth-order valence-electron chi connectivity index (χ4n) is 1.60. The normalized spacial score (nSPS) is 13.8. The summed E-state index contributed by atoms with van der Waals surface area (Å²) in [7, 11) is 0. The fourth-order valence-corrected chi connectivity index (χ4v) is 1.78. The Bertz CT molecular complexity index is 378. The Morgan fingerprint density at radius 3 is 2.35 bits per heavy atom. The van der Waals surface area contributed by atoms with E-state index in [4.69, 9.17) is 10.5 Å². The lowest BCUT2D eigenvalue weighted by Gasteiger charge is -2.29. The molecule has 17 heavy (non-hydrogen) atoms. The molecule has 1 aromatic heterocycles. The van der Waals surface area contributed by atoms with Gasteiger partial charge in [-0.2, -0.15) is 0 Å². The predicted octanol–water partition coefficient (Wildman–Crippen LogP) is 3.25. The van der Waals surface area contributed by atoms with E-state index in [9.17, 15) is 0 Å². The Balaban J connectivity index is 3.20. The lowest BCUT2D eigenvalue weighted by Crippen LogP contribution is -2.24. The van der Waals surface area contributed by atoms with E-state index in [0.717, 1.165) is 10.2 Å². The van der Waals surface area contributed by atoms with Gasteiger partial charge in [-0.15, -0.1) is 0 Å². The molecule has 1 unspecified atom stereocenters. The zero-order chi connectivity index (χ0) is 13.2. The summed E-state index contributed by atoms with van der Waals surface area (Å²) in [6.07, 6.45) is -0.151. The number of ether oxygens (including phenoxy) is 1. The van der Waals surface area contributed by atoms with Crippen LogP contribution in [-0.4, -0.2) is 16.6 Å². The molecule has 0 amide bonds. The van der Waals surface area contributed by atoms with Crippen LogP contribution in [0.2, 0.25) is 0 Å². The maximum atomic E-state index is 5.85. The molecule has 1 atom stereocenters. The van der Waals surface area contributed by atoms with Crippen LogP contribution in [0.4, 0.5) is 5.82 Å². The summed E-state index contributed by atoms with van der Waals surface area (Å²) in [5.41, 5.74) is 6.61. The zero-order valence-corrected chi connectivity index (χ0v) is 12.6. The van der Waals surface area contributed by atoms with Crippen LogP contribution in [0.3, 0.4) is 0 Å². The highest BCUT2D eigenvalue weighted by atomic mass is 79.9. The average molecular weight is 302 g/mol. The summed E-state index contributed by atoms with van der Waals surface area (Å²) in [5, 5.41) is 0. The van der Waals surface area contributed by atoms with E-state index in [1.54, 1.807) is 0 Å². The molecule has 0 aromatic carbocycles. The van der Waals surface area contributed by atoms with Crippen LogP contribution in [0.1, 0.15) is 45.3 Å². The summed E-state index contributed by atoms with van der Waals surface area (Å²) in [5.74, 6) is 1.11. The van der Waals surface area contributed by atoms with Crippen molar-refractivity contribution in [3.63, 3.8) is 0 Å². The van der Waals surface area contributed by atoms with E-state index in [1.165, 1.54) is 0 Å². The number of hydrogen-bond acceptors (Lipinski definition) is 4. The average Bonchev–Trinajstić information content (AvgIpc) is 2.20. The molecule has 0 aliphatic carbocycles. The Hall–Kier alpha value is -0.680. The lowest BCUT2D eigenvalue weighted by molar-refractivity contribution is -0.0191. The third-order valence-corrected chi connectivity index (χ3v) is 3.39. The van der Waals surface area contributed by atoms with Gasteiger partial charge in [0.15, 0.2) is 5.82 Å². The molecule has 0 bridgehead atoms. The van der Waals surface area contributed by atoms with Crippen LogP contribution in [0, 0.1) is 12.3 Å². The van der Waals surface area contributed by atoms with Crippen molar-refractivity contribution in [2.45, 2.75) is 40.7 Å². The van der Waals surface area contributed by atoms with Crippen LogP contribution in [-0.2, 0) is 4.74 Å². The molecule has 1 rings (SSSR count). The van der Waals surface area contributed by atoms with Crippen molar-refractivity contribution in [1.29, 1.82) is 0 Å². The highest BCUT2D eigenvalue weighted by Gasteiger charge is 2.30. The molecule has 0 aliphatic heterocycles. The standard InChI is InChI=1S/C12H20BrN3O/c1-6-17-9(12(3,4)5)11-15-7(2)8(13)10(14)16-11/h9H,6H2,1-5H3,(H2,14,15,16). The Labute approximate surface area is 111 Å². The van der Waals surface area contributed by atoms with Gasteiger partial charge in [0.05, 0.1) is 10.2 Å². The van der Waals surface area contributed by atoms with Crippen LogP contribution >= 0.6 is 15.9 Å². The molecule has 0 spiro atoms. The van der Waals surface area contributed by atoms with Gasteiger partial charge in [-0.3, -0.25) is 0 Å². The van der Waals surface area contributed by atoms with E-state index < -0.39 is 0 Å². The van der Waals surface area contributed by atoms with Crippen LogP contribution in [0.25, 0.3) is 0 Å². The quantitative estimate of drug-likeness (QED) is 0.931. The van der Waals surface area contributed by atoms with Gasteiger partial charge in [0, 0.05) is 6.61 Å². The summed E-state index contributed by atoms with van der Waals surface area (Å²) >= 11 is 3.36. The largest absolute Gasteiger partial charge is 0.383 e. The van der Waals surface area contributed by atoms with E-state index >= 15 is 0 Å². The topological polar surface area (TPSA) is 61.0 Å². The first kappa shape index (κ1) is 14.4. The van der Waals surface area contributed by atoms with E-state index in [1.807, 2.05) is 13.8 Å². The van der Waals surface area contributed by atoms with Gasteiger partial charge in [0.1, 0.15) is 11.9 Å². The summed E-state index contributed by atoms with van der Waals surface area (Å²) in [6.45, 7) is 10.8. The van der Waals surface area contributed by atoms with Crippen molar-refractivity contribution >= 4 is 21.7 Å². The predicted molar refractivity (Wildman–Crippen MR) is 72.7 cm³/mol. The molecule has 96 valence electrons. The Morgan fingerprint density at radius 2 is 1.94 bits per heavy atom. The lowest BCUT2D eigenvalue weighted by atomic mass is 9.88. The molecule has 0 fully saturated rings. The van der Waals surface area contributed by atoms with Gasteiger partial charge in [-0.25, -0.2) is 9.97 Å². The second-order valence-corrected chi connectivity index (χ2v) is 5.86. The minimum Gasteiger partial charge on any atom is -0.383 e. The number of aryl methyl sites for hydroxylation is 1. The monoisotopic (exact) mass is 301 g/mol. The molecule has 5 heteroatoms. The summed E-state index contributed by atoms with van der Waals surface area (Å²) in [6, 6.07) is 0. The molecule has 2 N–H and O–H groups in total. The van der Waals surface area contributed by atoms with Gasteiger partial charge in [-0.1, -0.05) is 20.8 Å². The van der Waals surface area contributed by atoms with Crippen molar-refractivity contribution in [2.24, 2.45) is 5.41 Å². The van der Waals surface area contributed by atoms with Gasteiger partial charge in [-0.05, 0) is 35.2 Å². The highest BCUT2D eigenvalue weighted by molar-refractivity contribution is 9.10. The van der Waals surface area contributed by atoms with Crippen LogP contribution in [0.5, 0.6) is 0 Å². The Morgan fingerprint density at radius 1 is 1.35 bits per heavy atom. The summed E-state index contributed by atoms with van der Waals surface area (Å²) < 4.78 is 6.50. The van der Waals surface area contributed by atoms with Crippen molar-refractivity contribution in [3.8, 4) is 0 Å². The van der Waals surface area contributed by atoms with Crippen molar-refractivity contribution < 1.29 is 4.74 Å². The molecule has 1 aromatic rings. The third kappa shape index (κ3) is 3.39. The number of rotatable bonds is 3. The van der Waals surface area contributed by atoms with Gasteiger partial charge in [0.2, 0.25) is 0 Å². The molecular formula is C12H20BrN3O. The van der Waals surface area contributed by atoms with Crippen molar-refractivity contribution in [1.82, 2.24) is 9.97 Å². The molecule has 4 nitrogen and oxygen atoms in total. The number of nitrogen functional groups attached to an aromatic ring is 1. The molecular weight excluding hydrogens is 282 g/mol. The van der Waals surface area contributed by atoms with Crippen LogP contribution < -0.4 is 5.73 Å². The molecule has 1 heterocycles. The second kappa shape index (κ2) is 5.31. The molecule has 0 aliphatic rings. The van der Waals surface area contributed by atoms with Crippen LogP contribution in [0.15, 0.2) is 4.47 Å². The second-order valence-electron chi connectivity index (χ2n) is 5.07. The minimum absolute atomic E-state index is 0.0667. The smallest absolute Gasteiger partial charge is 0.160 e. The number of nitrogens with two attached hydrogens (primary N) is 1. The first-order valence-corrected chi connectivity index (χ1v) is 6.47. The van der Waals surface area contributed by atoms with Crippen molar-refractivity contribution in [3.05, 3.63) is 16.0 Å². The number of halogens is 1. The number of aromatic nitrogens is 2. The number of nitrogens with zero attached hydrogens (tertiary/aromatic N) is 2. The van der Waals surface area contributed by atoms with Gasteiger partial charge >= 0.3 is 0 Å². The first-order valence-electron chi connectivity index (χ1n) is 5.68. The van der Waals surface area contributed by atoms with E-state index in [0.29, 0.717) is 18.2 Å². The van der Waals surface area contributed by atoms with Crippen molar-refractivity contribution in [2.75, 3.05) is 12.3 Å². The maximum absolute atomic E-state index is 5.85. The third-order valence-electron chi connectivity index (χ3n) is 2.41. The molecule has 0 saturated carbocycles. The first-order chi connectivity index (χ1) is 7.77. The van der Waals surface area contributed by atoms with E-state index in [2.05, 4.69) is 46.7 Å². The molecule has 0 saturated heterocycles.